The van der Waals surface area contributed by atoms with Crippen LogP contribution in [-0.2, 0) is 0 Å². The monoisotopic (exact) mass is 329 g/mol. The number of ketones is 2. The van der Waals surface area contributed by atoms with Gasteiger partial charge in [0, 0.05) is 16.7 Å². The number of hydrogen-bond acceptors (Lipinski definition) is 3. The zero-order valence-corrected chi connectivity index (χ0v) is 13.3. The van der Waals surface area contributed by atoms with Crippen molar-refractivity contribution < 1.29 is 14.4 Å². The summed E-state index contributed by atoms with van der Waals surface area (Å²) < 4.78 is 0. The molecule has 3 aromatic carbocycles. The van der Waals surface area contributed by atoms with Gasteiger partial charge in [0.05, 0.1) is 5.69 Å². The molecule has 0 spiro atoms. The quantitative estimate of drug-likeness (QED) is 0.568. The van der Waals surface area contributed by atoms with Crippen molar-refractivity contribution in [2.24, 2.45) is 0 Å². The van der Waals surface area contributed by atoms with Gasteiger partial charge in [-0.15, -0.1) is 0 Å². The van der Waals surface area contributed by atoms with Crippen molar-refractivity contribution in [1.29, 1.82) is 0 Å². The number of Topliss-reactive ketones (excluding diaryl/α,β-unsaturated/α-hetero) is 2. The first-order valence-electron chi connectivity index (χ1n) is 7.76. The van der Waals surface area contributed by atoms with Crippen LogP contribution in [0.3, 0.4) is 0 Å². The van der Waals surface area contributed by atoms with E-state index in [0.29, 0.717) is 16.8 Å². The third kappa shape index (κ3) is 3.70. The molecule has 1 N–H and O–H groups in total. The van der Waals surface area contributed by atoms with Gasteiger partial charge in [-0.25, -0.2) is 0 Å². The molecule has 0 fully saturated rings. The van der Waals surface area contributed by atoms with Gasteiger partial charge >= 0.3 is 0 Å². The van der Waals surface area contributed by atoms with E-state index in [1.807, 2.05) is 6.07 Å². The molecule has 0 aromatic heterocycles. The predicted molar refractivity (Wildman–Crippen MR) is 95.9 cm³/mol. The highest BCUT2D eigenvalue weighted by Crippen LogP contribution is 2.19. The van der Waals surface area contributed by atoms with Gasteiger partial charge in [-0.2, -0.15) is 0 Å². The number of nitrogens with one attached hydrogen (secondary N) is 1. The summed E-state index contributed by atoms with van der Waals surface area (Å²) in [6, 6.07) is 23.5. The van der Waals surface area contributed by atoms with E-state index >= 15 is 0 Å². The Bertz CT molecular complexity index is 918. The van der Waals surface area contributed by atoms with E-state index in [-0.39, 0.29) is 11.5 Å². The van der Waals surface area contributed by atoms with Gasteiger partial charge in [0.1, 0.15) is 0 Å². The van der Waals surface area contributed by atoms with Crippen LogP contribution in [-0.4, -0.2) is 17.5 Å². The fourth-order valence-electron chi connectivity index (χ4n) is 2.42. The molecule has 0 unspecified atom stereocenters. The number of para-hydroxylation sites is 1. The Kier molecular flexibility index (Phi) is 4.81. The second-order valence-electron chi connectivity index (χ2n) is 5.39. The first kappa shape index (κ1) is 16.3. The molecule has 122 valence electrons. The lowest BCUT2D eigenvalue weighted by molar-refractivity contribution is 0.0817. The highest BCUT2D eigenvalue weighted by atomic mass is 16.2. The van der Waals surface area contributed by atoms with Crippen molar-refractivity contribution >= 4 is 23.2 Å². The summed E-state index contributed by atoms with van der Waals surface area (Å²) in [5.41, 5.74) is 1.27. The van der Waals surface area contributed by atoms with E-state index in [1.54, 1.807) is 72.8 Å². The maximum absolute atomic E-state index is 12.6. The molecule has 0 heterocycles. The molecule has 0 bridgehead atoms. The molecular formula is C21H15NO3. The van der Waals surface area contributed by atoms with Crippen LogP contribution in [0, 0.1) is 0 Å². The van der Waals surface area contributed by atoms with Gasteiger partial charge in [-0.3, -0.25) is 14.4 Å². The van der Waals surface area contributed by atoms with Crippen LogP contribution in [0.1, 0.15) is 31.1 Å². The maximum Gasteiger partial charge on any atom is 0.255 e. The van der Waals surface area contributed by atoms with Gasteiger partial charge < -0.3 is 5.32 Å². The number of benzene rings is 3. The summed E-state index contributed by atoms with van der Waals surface area (Å²) in [6.45, 7) is 0. The lowest BCUT2D eigenvalue weighted by atomic mass is 10.00. The first-order valence-corrected chi connectivity index (χ1v) is 7.76. The predicted octanol–water partition coefficient (Wildman–Crippen LogP) is 4.00. The molecule has 3 aromatic rings. The van der Waals surface area contributed by atoms with Crippen molar-refractivity contribution in [2.75, 3.05) is 5.32 Å². The van der Waals surface area contributed by atoms with Gasteiger partial charge in [-0.05, 0) is 24.3 Å². The third-order valence-electron chi connectivity index (χ3n) is 3.70. The largest absolute Gasteiger partial charge is 0.321 e. The lowest BCUT2D eigenvalue weighted by Crippen LogP contribution is -2.19. The zero-order chi connectivity index (χ0) is 17.6. The van der Waals surface area contributed by atoms with Crippen LogP contribution in [0.5, 0.6) is 0 Å². The standard InChI is InChI=1S/C21H15NO3/c23-19(15-9-3-1-4-10-15)20(24)17-13-7-8-14-18(17)22-21(25)16-11-5-2-6-12-16/h1-14H,(H,22,25). The Morgan fingerprint density at radius 2 is 1.08 bits per heavy atom. The van der Waals surface area contributed by atoms with Crippen LogP contribution in [0.25, 0.3) is 0 Å². The number of hydrogen-bond donors (Lipinski definition) is 1. The van der Waals surface area contributed by atoms with Gasteiger partial charge in [0.2, 0.25) is 11.6 Å². The smallest absolute Gasteiger partial charge is 0.255 e. The summed E-state index contributed by atoms with van der Waals surface area (Å²) in [6.07, 6.45) is 0. The van der Waals surface area contributed by atoms with Gasteiger partial charge in [-0.1, -0.05) is 60.7 Å². The fourth-order valence-corrected chi connectivity index (χ4v) is 2.42. The molecule has 0 aliphatic heterocycles. The van der Waals surface area contributed by atoms with E-state index in [2.05, 4.69) is 5.32 Å². The van der Waals surface area contributed by atoms with Crippen molar-refractivity contribution in [1.82, 2.24) is 0 Å². The average Bonchev–Trinajstić information content (AvgIpc) is 2.68. The third-order valence-corrected chi connectivity index (χ3v) is 3.70. The van der Waals surface area contributed by atoms with Gasteiger partial charge in [0.25, 0.3) is 5.91 Å². The molecule has 0 radical (unpaired) electrons. The minimum Gasteiger partial charge on any atom is -0.321 e. The van der Waals surface area contributed by atoms with Crippen molar-refractivity contribution in [3.8, 4) is 0 Å². The highest BCUT2D eigenvalue weighted by Gasteiger charge is 2.21. The molecule has 4 nitrogen and oxygen atoms in total. The molecule has 3 rings (SSSR count). The van der Waals surface area contributed by atoms with Crippen LogP contribution in [0.15, 0.2) is 84.9 Å². The Balaban J connectivity index is 1.87. The van der Waals surface area contributed by atoms with Crippen molar-refractivity contribution in [3.63, 3.8) is 0 Å². The Hall–Kier alpha value is -3.53. The zero-order valence-electron chi connectivity index (χ0n) is 13.3. The highest BCUT2D eigenvalue weighted by molar-refractivity contribution is 6.50. The Labute approximate surface area is 145 Å². The molecule has 0 saturated heterocycles. The topological polar surface area (TPSA) is 63.2 Å². The molecule has 25 heavy (non-hydrogen) atoms. The second kappa shape index (κ2) is 7.36. The molecule has 0 aliphatic rings. The average molecular weight is 329 g/mol. The molecular weight excluding hydrogens is 314 g/mol. The maximum atomic E-state index is 12.6. The fraction of sp³-hybridized carbons (Fsp3) is 0. The Morgan fingerprint density at radius 1 is 0.560 bits per heavy atom. The second-order valence-corrected chi connectivity index (χ2v) is 5.39. The molecule has 0 atom stereocenters. The summed E-state index contributed by atoms with van der Waals surface area (Å²) in [4.78, 5) is 37.3. The SMILES string of the molecule is O=C(Nc1ccccc1C(=O)C(=O)c1ccccc1)c1ccccc1. The van der Waals surface area contributed by atoms with E-state index in [0.717, 1.165) is 0 Å². The van der Waals surface area contributed by atoms with Crippen LogP contribution in [0.4, 0.5) is 5.69 Å². The minimum atomic E-state index is -0.657. The van der Waals surface area contributed by atoms with E-state index < -0.39 is 11.6 Å². The van der Waals surface area contributed by atoms with Crippen LogP contribution >= 0.6 is 0 Å². The van der Waals surface area contributed by atoms with Crippen molar-refractivity contribution in [3.05, 3.63) is 102 Å². The number of carbonyl (C=O) groups excluding carboxylic acids is 3. The summed E-state index contributed by atoms with van der Waals surface area (Å²) in [5, 5.41) is 2.70. The lowest BCUT2D eigenvalue weighted by Gasteiger charge is -2.10. The summed E-state index contributed by atoms with van der Waals surface area (Å²) in [5.74, 6) is -1.61. The molecule has 0 saturated carbocycles. The summed E-state index contributed by atoms with van der Waals surface area (Å²) in [7, 11) is 0. The number of amides is 1. The van der Waals surface area contributed by atoms with Crippen molar-refractivity contribution in [2.45, 2.75) is 0 Å². The molecule has 1 amide bonds. The molecule has 0 aliphatic carbocycles. The first-order chi connectivity index (χ1) is 12.2. The number of rotatable bonds is 5. The number of anilines is 1. The van der Waals surface area contributed by atoms with Crippen LogP contribution < -0.4 is 5.32 Å². The Morgan fingerprint density at radius 3 is 1.72 bits per heavy atom. The number of carbonyl (C=O) groups is 3. The van der Waals surface area contributed by atoms with Crippen LogP contribution in [0.2, 0.25) is 0 Å². The van der Waals surface area contributed by atoms with E-state index in [4.69, 9.17) is 0 Å². The van der Waals surface area contributed by atoms with E-state index in [1.165, 1.54) is 6.07 Å². The van der Waals surface area contributed by atoms with E-state index in [9.17, 15) is 14.4 Å². The molecule has 4 heteroatoms. The minimum absolute atomic E-state index is 0.167. The van der Waals surface area contributed by atoms with Gasteiger partial charge in [0.15, 0.2) is 0 Å². The summed E-state index contributed by atoms with van der Waals surface area (Å²) >= 11 is 0. The normalized spacial score (nSPS) is 10.1.